The molecule has 0 aromatic heterocycles. The molecule has 29 heavy (non-hydrogen) atoms. The van der Waals surface area contributed by atoms with Crippen LogP contribution < -0.4 is 10.2 Å². The summed E-state index contributed by atoms with van der Waals surface area (Å²) in [5.74, 6) is -0.289. The first-order valence-electron chi connectivity index (χ1n) is 9.35. The molecular weight excluding hydrogens is 370 g/mol. The Kier molecular flexibility index (Phi) is 4.72. The van der Waals surface area contributed by atoms with Crippen molar-refractivity contribution in [1.82, 2.24) is 0 Å². The van der Waals surface area contributed by atoms with Crippen molar-refractivity contribution in [1.29, 1.82) is 0 Å². The predicted molar refractivity (Wildman–Crippen MR) is 111 cm³/mol. The number of carbonyl (C=O) groups excluding carboxylic acids is 2. The van der Waals surface area contributed by atoms with Crippen molar-refractivity contribution in [3.8, 4) is 0 Å². The quantitative estimate of drug-likeness (QED) is 0.498. The molecule has 146 valence electrons. The Balaban J connectivity index is 1.41. The highest BCUT2D eigenvalue weighted by molar-refractivity contribution is 6.25. The normalized spacial score (nSPS) is 12.4. The Morgan fingerprint density at radius 1 is 1.10 bits per heavy atom. The van der Waals surface area contributed by atoms with Gasteiger partial charge in [0.25, 0.3) is 11.6 Å². The second-order valence-corrected chi connectivity index (χ2v) is 7.00. The molecule has 0 aliphatic carbocycles. The van der Waals surface area contributed by atoms with E-state index in [1.54, 1.807) is 24.0 Å². The summed E-state index contributed by atoms with van der Waals surface area (Å²) in [4.78, 5) is 37.4. The Morgan fingerprint density at radius 2 is 1.83 bits per heavy atom. The van der Waals surface area contributed by atoms with Crippen molar-refractivity contribution >= 4 is 39.6 Å². The number of hydrogen-bond acceptors (Lipinski definition) is 4. The number of hydrogen-bond donors (Lipinski definition) is 1. The molecule has 1 aliphatic heterocycles. The van der Waals surface area contributed by atoms with E-state index >= 15 is 0 Å². The molecule has 0 saturated heterocycles. The molecular formula is C22H19N3O4. The van der Waals surface area contributed by atoms with Gasteiger partial charge >= 0.3 is 0 Å². The number of carbonyl (C=O) groups is 2. The summed E-state index contributed by atoms with van der Waals surface area (Å²) in [5.41, 5.74) is 2.38. The van der Waals surface area contributed by atoms with Gasteiger partial charge in [0.2, 0.25) is 5.91 Å². The van der Waals surface area contributed by atoms with Crippen LogP contribution >= 0.6 is 0 Å². The van der Waals surface area contributed by atoms with Crippen LogP contribution in [0.25, 0.3) is 10.8 Å². The van der Waals surface area contributed by atoms with E-state index in [0.29, 0.717) is 29.8 Å². The highest BCUT2D eigenvalue weighted by Crippen LogP contribution is 2.37. The van der Waals surface area contributed by atoms with Crippen LogP contribution in [0, 0.1) is 17.0 Å². The van der Waals surface area contributed by atoms with E-state index in [9.17, 15) is 19.7 Å². The average molecular weight is 389 g/mol. The van der Waals surface area contributed by atoms with Crippen LogP contribution in [0.2, 0.25) is 0 Å². The summed E-state index contributed by atoms with van der Waals surface area (Å²) in [7, 11) is 0. The third-order valence-corrected chi connectivity index (χ3v) is 5.21. The largest absolute Gasteiger partial charge is 0.326 e. The topological polar surface area (TPSA) is 92.6 Å². The number of nitro benzene ring substituents is 1. The van der Waals surface area contributed by atoms with E-state index in [1.165, 1.54) is 6.07 Å². The first kappa shape index (κ1) is 18.6. The number of nitrogens with one attached hydrogen (secondary N) is 1. The molecule has 3 aromatic carbocycles. The summed E-state index contributed by atoms with van der Waals surface area (Å²) < 4.78 is 0. The molecule has 0 atom stereocenters. The average Bonchev–Trinajstić information content (AvgIpc) is 2.97. The van der Waals surface area contributed by atoms with E-state index in [2.05, 4.69) is 5.32 Å². The summed E-state index contributed by atoms with van der Waals surface area (Å²) in [6.45, 7) is 2.03. The maximum Gasteiger partial charge on any atom is 0.274 e. The second-order valence-electron chi connectivity index (χ2n) is 7.00. The third kappa shape index (κ3) is 3.31. The van der Waals surface area contributed by atoms with Crippen LogP contribution in [0.4, 0.5) is 17.1 Å². The van der Waals surface area contributed by atoms with Gasteiger partial charge in [0.1, 0.15) is 0 Å². The lowest BCUT2D eigenvalue weighted by Crippen LogP contribution is -2.28. The zero-order valence-corrected chi connectivity index (χ0v) is 15.8. The monoisotopic (exact) mass is 389 g/mol. The lowest BCUT2D eigenvalue weighted by atomic mass is 10.1. The van der Waals surface area contributed by atoms with Crippen LogP contribution in [0.15, 0.2) is 54.6 Å². The van der Waals surface area contributed by atoms with Gasteiger partial charge in [0, 0.05) is 30.0 Å². The van der Waals surface area contributed by atoms with Gasteiger partial charge in [0.15, 0.2) is 0 Å². The fraction of sp³-hybridized carbons (Fsp3) is 0.182. The van der Waals surface area contributed by atoms with Gasteiger partial charge < -0.3 is 10.2 Å². The van der Waals surface area contributed by atoms with Crippen LogP contribution in [0.1, 0.15) is 28.8 Å². The third-order valence-electron chi connectivity index (χ3n) is 5.21. The van der Waals surface area contributed by atoms with Gasteiger partial charge in [0.05, 0.1) is 21.9 Å². The molecule has 3 aromatic rings. The number of nitro groups is 1. The molecule has 0 unspecified atom stereocenters. The van der Waals surface area contributed by atoms with Crippen molar-refractivity contribution in [3.05, 3.63) is 75.8 Å². The summed E-state index contributed by atoms with van der Waals surface area (Å²) in [5, 5.41) is 15.7. The van der Waals surface area contributed by atoms with Gasteiger partial charge in [-0.2, -0.15) is 0 Å². The molecule has 1 heterocycles. The molecule has 0 spiro atoms. The van der Waals surface area contributed by atoms with E-state index in [4.69, 9.17) is 0 Å². The molecule has 1 aliphatic rings. The molecule has 7 nitrogen and oxygen atoms in total. The fourth-order valence-corrected chi connectivity index (χ4v) is 3.77. The number of benzene rings is 3. The van der Waals surface area contributed by atoms with Crippen LogP contribution in [-0.4, -0.2) is 23.3 Å². The van der Waals surface area contributed by atoms with E-state index in [-0.39, 0.29) is 23.9 Å². The standard InChI is InChI=1S/C22H19N3O4/c1-14-17(9-4-10-18(14)25(28)29)23-20(26)12-5-13-24-19-11-3-7-15-6-2-8-16(21(15)19)22(24)27/h2-4,6-11H,5,12-13H2,1H3,(H,23,26). The second kappa shape index (κ2) is 7.35. The minimum absolute atomic E-state index is 0.0312. The van der Waals surface area contributed by atoms with E-state index in [0.717, 1.165) is 16.5 Å². The van der Waals surface area contributed by atoms with Gasteiger partial charge in [-0.05, 0) is 36.9 Å². The van der Waals surface area contributed by atoms with Crippen LogP contribution in [0.5, 0.6) is 0 Å². The number of anilines is 2. The van der Waals surface area contributed by atoms with Gasteiger partial charge in [-0.1, -0.05) is 30.3 Å². The Hall–Kier alpha value is -3.74. The van der Waals surface area contributed by atoms with Gasteiger partial charge in [-0.15, -0.1) is 0 Å². The van der Waals surface area contributed by atoms with Gasteiger partial charge in [-0.25, -0.2) is 0 Å². The predicted octanol–water partition coefficient (Wildman–Crippen LogP) is 4.44. The number of nitrogens with zero attached hydrogens (tertiary/aromatic N) is 2. The smallest absolute Gasteiger partial charge is 0.274 e. The molecule has 0 radical (unpaired) electrons. The summed E-state index contributed by atoms with van der Waals surface area (Å²) in [6.07, 6.45) is 0.689. The molecule has 1 N–H and O–H groups in total. The minimum atomic E-state index is -0.470. The van der Waals surface area contributed by atoms with E-state index < -0.39 is 4.92 Å². The van der Waals surface area contributed by atoms with Gasteiger partial charge in [-0.3, -0.25) is 19.7 Å². The zero-order valence-electron chi connectivity index (χ0n) is 15.8. The maximum atomic E-state index is 12.8. The highest BCUT2D eigenvalue weighted by atomic mass is 16.6. The Morgan fingerprint density at radius 3 is 2.59 bits per heavy atom. The van der Waals surface area contributed by atoms with E-state index in [1.807, 2.05) is 36.4 Å². The highest BCUT2D eigenvalue weighted by Gasteiger charge is 2.29. The Labute approximate surface area is 167 Å². The Bertz CT molecular complexity index is 1150. The maximum absolute atomic E-state index is 12.8. The van der Waals surface area contributed by atoms with Crippen LogP contribution in [0.3, 0.4) is 0 Å². The minimum Gasteiger partial charge on any atom is -0.326 e. The molecule has 7 heteroatoms. The van der Waals surface area contributed by atoms with Crippen molar-refractivity contribution < 1.29 is 14.5 Å². The first-order chi connectivity index (χ1) is 14.0. The molecule has 0 saturated carbocycles. The molecule has 0 bridgehead atoms. The number of rotatable bonds is 6. The number of amides is 2. The fourth-order valence-electron chi connectivity index (χ4n) is 3.77. The SMILES string of the molecule is Cc1c(NC(=O)CCCN2C(=O)c3cccc4cccc2c34)cccc1[N+](=O)[O-]. The lowest BCUT2D eigenvalue weighted by Gasteiger charge is -2.17. The molecule has 4 rings (SSSR count). The van der Waals surface area contributed by atoms with Crippen molar-refractivity contribution in [2.75, 3.05) is 16.8 Å². The molecule has 2 amide bonds. The molecule has 0 fully saturated rings. The van der Waals surface area contributed by atoms with Crippen LogP contribution in [-0.2, 0) is 4.79 Å². The van der Waals surface area contributed by atoms with Crippen molar-refractivity contribution in [2.45, 2.75) is 19.8 Å². The van der Waals surface area contributed by atoms with Crippen molar-refractivity contribution in [2.24, 2.45) is 0 Å². The van der Waals surface area contributed by atoms with Crippen molar-refractivity contribution in [3.63, 3.8) is 0 Å². The first-order valence-corrected chi connectivity index (χ1v) is 9.35. The lowest BCUT2D eigenvalue weighted by molar-refractivity contribution is -0.385. The summed E-state index contributed by atoms with van der Waals surface area (Å²) >= 11 is 0. The zero-order chi connectivity index (χ0) is 20.5. The summed E-state index contributed by atoms with van der Waals surface area (Å²) in [6, 6.07) is 16.1.